The number of hydrogen-bond acceptors (Lipinski definition) is 2. The Labute approximate surface area is 147 Å². The second-order valence-electron chi connectivity index (χ2n) is 6.03. The number of halogens is 4. The van der Waals surface area contributed by atoms with Crippen molar-refractivity contribution in [1.29, 1.82) is 0 Å². The zero-order valence-electron chi connectivity index (χ0n) is 13.2. The Balaban J connectivity index is 1.85. The highest BCUT2D eigenvalue weighted by Crippen LogP contribution is 2.38. The van der Waals surface area contributed by atoms with Crippen molar-refractivity contribution < 1.29 is 13.2 Å². The first-order valence-corrected chi connectivity index (χ1v) is 8.86. The van der Waals surface area contributed by atoms with Gasteiger partial charge in [0.1, 0.15) is 11.3 Å². The number of benzene rings is 1. The molecule has 0 bridgehead atoms. The van der Waals surface area contributed by atoms with Gasteiger partial charge in [0, 0.05) is 22.8 Å². The average molecular weight is 402 g/mol. The lowest BCUT2D eigenvalue weighted by atomic mass is 10.1. The minimum Gasteiger partial charge on any atom is -0.301 e. The highest BCUT2D eigenvalue weighted by Gasteiger charge is 2.36. The third kappa shape index (κ3) is 4.00. The summed E-state index contributed by atoms with van der Waals surface area (Å²) >= 11 is 3.32. The van der Waals surface area contributed by atoms with Gasteiger partial charge in [-0.3, -0.25) is 4.68 Å². The predicted molar refractivity (Wildman–Crippen MR) is 90.7 cm³/mol. The average Bonchev–Trinajstić information content (AvgIpc) is 2.99. The molecule has 0 N–H and O–H groups in total. The summed E-state index contributed by atoms with van der Waals surface area (Å²) < 4.78 is 42.2. The van der Waals surface area contributed by atoms with E-state index in [-0.39, 0.29) is 5.69 Å². The molecule has 0 atom stereocenters. The van der Waals surface area contributed by atoms with Crippen molar-refractivity contribution in [3.8, 4) is 11.3 Å². The fourth-order valence-corrected chi connectivity index (χ4v) is 3.49. The summed E-state index contributed by atoms with van der Waals surface area (Å²) in [6.45, 7) is 3.23. The van der Waals surface area contributed by atoms with Gasteiger partial charge in [0.25, 0.3) is 0 Å². The maximum absolute atomic E-state index is 13.4. The molecule has 3 nitrogen and oxygen atoms in total. The van der Waals surface area contributed by atoms with E-state index >= 15 is 0 Å². The van der Waals surface area contributed by atoms with Gasteiger partial charge >= 0.3 is 6.18 Å². The standard InChI is InChI=1S/C17H19BrF3N3/c18-15-7-3-2-6-13(15)16-14(17(19,20)21)12-24(22-16)11-10-23-8-4-1-5-9-23/h2-3,6-7,12H,1,4-5,8-11H2. The first-order chi connectivity index (χ1) is 11.4. The van der Waals surface area contributed by atoms with Gasteiger partial charge in [0.05, 0.1) is 6.54 Å². The molecule has 0 aliphatic carbocycles. The van der Waals surface area contributed by atoms with Crippen LogP contribution in [-0.2, 0) is 12.7 Å². The highest BCUT2D eigenvalue weighted by atomic mass is 79.9. The molecule has 24 heavy (non-hydrogen) atoms. The summed E-state index contributed by atoms with van der Waals surface area (Å²) in [6.07, 6.45) is 0.264. The molecular formula is C17H19BrF3N3. The molecule has 1 aromatic heterocycles. The van der Waals surface area contributed by atoms with E-state index in [2.05, 4.69) is 25.9 Å². The van der Waals surface area contributed by atoms with Crippen LogP contribution in [-0.4, -0.2) is 34.3 Å². The third-order valence-electron chi connectivity index (χ3n) is 4.29. The van der Waals surface area contributed by atoms with E-state index < -0.39 is 11.7 Å². The Hall–Kier alpha value is -1.34. The summed E-state index contributed by atoms with van der Waals surface area (Å²) in [5, 5.41) is 4.23. The molecule has 0 radical (unpaired) electrons. The number of rotatable bonds is 4. The largest absolute Gasteiger partial charge is 0.420 e. The molecule has 3 rings (SSSR count). The van der Waals surface area contributed by atoms with Crippen molar-refractivity contribution in [2.45, 2.75) is 32.0 Å². The molecule has 2 heterocycles. The Bertz CT molecular complexity index is 691. The number of piperidine rings is 1. The minimum atomic E-state index is -4.42. The first kappa shape index (κ1) is 17.5. The van der Waals surface area contributed by atoms with Crippen LogP contribution in [0.4, 0.5) is 13.2 Å². The molecule has 130 valence electrons. The zero-order chi connectivity index (χ0) is 17.2. The van der Waals surface area contributed by atoms with Gasteiger partial charge in [0.15, 0.2) is 0 Å². The van der Waals surface area contributed by atoms with E-state index in [1.807, 2.05) is 0 Å². The monoisotopic (exact) mass is 401 g/mol. The van der Waals surface area contributed by atoms with Gasteiger partial charge < -0.3 is 4.90 Å². The lowest BCUT2D eigenvalue weighted by Crippen LogP contribution is -2.32. The van der Waals surface area contributed by atoms with Gasteiger partial charge in [-0.25, -0.2) is 0 Å². The van der Waals surface area contributed by atoms with Crippen LogP contribution in [0.1, 0.15) is 24.8 Å². The van der Waals surface area contributed by atoms with Gasteiger partial charge in [-0.05, 0) is 32.0 Å². The molecular weight excluding hydrogens is 383 g/mol. The van der Waals surface area contributed by atoms with E-state index in [0.717, 1.165) is 38.7 Å². The van der Waals surface area contributed by atoms with Crippen LogP contribution in [0.25, 0.3) is 11.3 Å². The van der Waals surface area contributed by atoms with Gasteiger partial charge in [-0.2, -0.15) is 18.3 Å². The SMILES string of the molecule is FC(F)(F)c1cn(CCN2CCCCC2)nc1-c1ccccc1Br. The Morgan fingerprint density at radius 3 is 2.42 bits per heavy atom. The normalized spacial score (nSPS) is 16.5. The summed E-state index contributed by atoms with van der Waals surface area (Å²) in [5.74, 6) is 0. The zero-order valence-corrected chi connectivity index (χ0v) is 14.8. The minimum absolute atomic E-state index is 0.0198. The highest BCUT2D eigenvalue weighted by molar-refractivity contribution is 9.10. The van der Waals surface area contributed by atoms with Gasteiger partial charge in [0.2, 0.25) is 0 Å². The molecule has 1 aromatic carbocycles. The van der Waals surface area contributed by atoms with E-state index in [1.165, 1.54) is 11.1 Å². The molecule has 0 amide bonds. The smallest absolute Gasteiger partial charge is 0.301 e. The van der Waals surface area contributed by atoms with E-state index in [4.69, 9.17) is 0 Å². The van der Waals surface area contributed by atoms with Crippen molar-refractivity contribution in [3.05, 3.63) is 40.5 Å². The fourth-order valence-electron chi connectivity index (χ4n) is 3.02. The Morgan fingerprint density at radius 2 is 1.75 bits per heavy atom. The number of nitrogens with zero attached hydrogens (tertiary/aromatic N) is 3. The van der Waals surface area contributed by atoms with Crippen molar-refractivity contribution in [3.63, 3.8) is 0 Å². The quantitative estimate of drug-likeness (QED) is 0.732. The lowest BCUT2D eigenvalue weighted by Gasteiger charge is -2.26. The number of aromatic nitrogens is 2. The molecule has 1 fully saturated rings. The summed E-state index contributed by atoms with van der Waals surface area (Å²) in [5.41, 5.74) is -0.247. The second-order valence-corrected chi connectivity index (χ2v) is 6.89. The van der Waals surface area contributed by atoms with Crippen molar-refractivity contribution in [2.24, 2.45) is 0 Å². The number of alkyl halides is 3. The molecule has 0 saturated carbocycles. The lowest BCUT2D eigenvalue weighted by molar-refractivity contribution is -0.137. The summed E-state index contributed by atoms with van der Waals surface area (Å²) in [6, 6.07) is 6.86. The van der Waals surface area contributed by atoms with Crippen LogP contribution in [0, 0.1) is 0 Å². The maximum atomic E-state index is 13.4. The van der Waals surface area contributed by atoms with Crippen molar-refractivity contribution >= 4 is 15.9 Å². The van der Waals surface area contributed by atoms with E-state index in [1.54, 1.807) is 24.3 Å². The van der Waals surface area contributed by atoms with E-state index in [9.17, 15) is 13.2 Å². The summed E-state index contributed by atoms with van der Waals surface area (Å²) in [7, 11) is 0. The van der Waals surface area contributed by atoms with Crippen molar-refractivity contribution in [1.82, 2.24) is 14.7 Å². The predicted octanol–water partition coefficient (Wildman–Crippen LogP) is 4.82. The number of hydrogen-bond donors (Lipinski definition) is 0. The molecule has 0 unspecified atom stereocenters. The summed E-state index contributed by atoms with van der Waals surface area (Å²) in [4.78, 5) is 2.29. The van der Waals surface area contributed by atoms with Crippen LogP contribution in [0.5, 0.6) is 0 Å². The molecule has 1 saturated heterocycles. The van der Waals surface area contributed by atoms with Crippen LogP contribution in [0.2, 0.25) is 0 Å². The molecule has 0 spiro atoms. The van der Waals surface area contributed by atoms with Gasteiger partial charge in [-0.15, -0.1) is 0 Å². The molecule has 1 aliphatic rings. The van der Waals surface area contributed by atoms with Crippen LogP contribution in [0.3, 0.4) is 0 Å². The topological polar surface area (TPSA) is 21.1 Å². The molecule has 2 aromatic rings. The Kier molecular flexibility index (Phi) is 5.30. The van der Waals surface area contributed by atoms with Crippen LogP contribution < -0.4 is 0 Å². The van der Waals surface area contributed by atoms with Gasteiger partial charge in [-0.1, -0.05) is 40.5 Å². The maximum Gasteiger partial charge on any atom is 0.420 e. The molecule has 1 aliphatic heterocycles. The second kappa shape index (κ2) is 7.27. The fraction of sp³-hybridized carbons (Fsp3) is 0.471. The first-order valence-electron chi connectivity index (χ1n) is 8.07. The number of likely N-dealkylation sites (tertiary alicyclic amines) is 1. The third-order valence-corrected chi connectivity index (χ3v) is 4.98. The van der Waals surface area contributed by atoms with E-state index in [0.29, 0.717) is 16.6 Å². The Morgan fingerprint density at radius 1 is 1.04 bits per heavy atom. The van der Waals surface area contributed by atoms with Crippen molar-refractivity contribution in [2.75, 3.05) is 19.6 Å². The van der Waals surface area contributed by atoms with Crippen LogP contribution in [0.15, 0.2) is 34.9 Å². The molecule has 7 heteroatoms. The van der Waals surface area contributed by atoms with Crippen LogP contribution >= 0.6 is 15.9 Å².